The first kappa shape index (κ1) is 9.02. The third kappa shape index (κ3) is 1.44. The quantitative estimate of drug-likeness (QED) is 0.766. The van der Waals surface area contributed by atoms with Crippen molar-refractivity contribution in [1.82, 2.24) is 4.57 Å². The highest BCUT2D eigenvalue weighted by Gasteiger charge is 2.03. The van der Waals surface area contributed by atoms with Gasteiger partial charge >= 0.3 is 4.87 Å². The molecule has 0 saturated heterocycles. The first-order valence-corrected chi connectivity index (χ1v) is 5.02. The molecule has 2 aromatic rings. The minimum atomic E-state index is 0.00398. The van der Waals surface area contributed by atoms with Crippen molar-refractivity contribution in [2.75, 3.05) is 0 Å². The van der Waals surface area contributed by atoms with Gasteiger partial charge in [-0.15, -0.1) is 0 Å². The van der Waals surface area contributed by atoms with E-state index in [9.17, 15) is 4.79 Å². The lowest BCUT2D eigenvalue weighted by atomic mass is 10.3. The zero-order chi connectivity index (χ0) is 9.97. The van der Waals surface area contributed by atoms with Gasteiger partial charge in [-0.05, 0) is 18.2 Å². The van der Waals surface area contributed by atoms with Crippen LogP contribution in [0.25, 0.3) is 10.2 Å². The van der Waals surface area contributed by atoms with Crippen molar-refractivity contribution in [3.8, 4) is 0 Å². The Morgan fingerprint density at radius 1 is 1.43 bits per heavy atom. The first-order valence-electron chi connectivity index (χ1n) is 4.20. The van der Waals surface area contributed by atoms with Crippen LogP contribution in [0.1, 0.15) is 0 Å². The van der Waals surface area contributed by atoms with E-state index in [4.69, 9.17) is 5.11 Å². The largest absolute Gasteiger partial charge is 0.516 e. The van der Waals surface area contributed by atoms with E-state index in [1.165, 1.54) is 11.3 Å². The molecule has 0 unspecified atom stereocenters. The van der Waals surface area contributed by atoms with E-state index in [-0.39, 0.29) is 4.87 Å². The smallest absolute Gasteiger partial charge is 0.308 e. The van der Waals surface area contributed by atoms with E-state index in [1.54, 1.807) is 10.6 Å². The van der Waals surface area contributed by atoms with Crippen molar-refractivity contribution in [2.24, 2.45) is 0 Å². The van der Waals surface area contributed by atoms with Gasteiger partial charge in [0.05, 0.1) is 16.5 Å². The van der Waals surface area contributed by atoms with Crippen molar-refractivity contribution < 1.29 is 5.11 Å². The molecule has 1 aromatic heterocycles. The van der Waals surface area contributed by atoms with Crippen LogP contribution < -0.4 is 4.87 Å². The van der Waals surface area contributed by atoms with E-state index in [0.29, 0.717) is 6.54 Å². The van der Waals surface area contributed by atoms with Crippen LogP contribution in [0.2, 0.25) is 0 Å². The summed E-state index contributed by atoms with van der Waals surface area (Å²) in [5.41, 5.74) is 0.917. The number of hydrogen-bond donors (Lipinski definition) is 1. The fraction of sp³-hybridized carbons (Fsp3) is 0.100. The lowest BCUT2D eigenvalue weighted by Crippen LogP contribution is -2.11. The lowest BCUT2D eigenvalue weighted by Gasteiger charge is -1.97. The Morgan fingerprint density at radius 2 is 2.21 bits per heavy atom. The number of allylic oxidation sites excluding steroid dienone is 1. The van der Waals surface area contributed by atoms with Gasteiger partial charge in [-0.2, -0.15) is 0 Å². The summed E-state index contributed by atoms with van der Waals surface area (Å²) in [6.07, 6.45) is 2.50. The van der Waals surface area contributed by atoms with Gasteiger partial charge in [0.25, 0.3) is 0 Å². The molecular formula is C10H9NO2S. The summed E-state index contributed by atoms with van der Waals surface area (Å²) in [5, 5.41) is 8.54. The second-order valence-electron chi connectivity index (χ2n) is 2.83. The molecule has 0 atom stereocenters. The Balaban J connectivity index is 2.62. The Labute approximate surface area is 84.5 Å². The van der Waals surface area contributed by atoms with Gasteiger partial charge in [-0.1, -0.05) is 23.5 Å². The third-order valence-corrected chi connectivity index (χ3v) is 2.93. The number of aliphatic hydroxyl groups excluding tert-OH is 1. The minimum Gasteiger partial charge on any atom is -0.516 e. The highest BCUT2D eigenvalue weighted by molar-refractivity contribution is 7.16. The maximum absolute atomic E-state index is 11.5. The van der Waals surface area contributed by atoms with Gasteiger partial charge in [0.1, 0.15) is 0 Å². The molecule has 0 radical (unpaired) electrons. The molecular weight excluding hydrogens is 198 g/mol. The Kier molecular flexibility index (Phi) is 2.37. The normalized spacial score (nSPS) is 11.4. The molecule has 0 aliphatic carbocycles. The van der Waals surface area contributed by atoms with Crippen LogP contribution in [0.4, 0.5) is 0 Å². The van der Waals surface area contributed by atoms with E-state index in [0.717, 1.165) is 16.5 Å². The van der Waals surface area contributed by atoms with Crippen LogP contribution in [0.5, 0.6) is 0 Å². The van der Waals surface area contributed by atoms with Crippen molar-refractivity contribution >= 4 is 21.6 Å². The molecule has 0 amide bonds. The van der Waals surface area contributed by atoms with Crippen LogP contribution in [0.15, 0.2) is 41.4 Å². The average molecular weight is 207 g/mol. The number of benzene rings is 1. The van der Waals surface area contributed by atoms with Gasteiger partial charge in [-0.25, -0.2) is 0 Å². The van der Waals surface area contributed by atoms with Crippen molar-refractivity contribution in [3.63, 3.8) is 0 Å². The summed E-state index contributed by atoms with van der Waals surface area (Å²) in [6.45, 7) is 0.416. The first-order chi connectivity index (χ1) is 6.83. The average Bonchev–Trinajstić information content (AvgIpc) is 2.51. The molecule has 2 rings (SSSR count). The van der Waals surface area contributed by atoms with Crippen LogP contribution in [0.3, 0.4) is 0 Å². The Bertz CT molecular complexity index is 524. The SMILES string of the molecule is O=c1sc2ccccc2n1C/C=C/O. The number of nitrogens with zero attached hydrogens (tertiary/aromatic N) is 1. The molecule has 0 aliphatic rings. The molecule has 4 heteroatoms. The van der Waals surface area contributed by atoms with Gasteiger partial charge in [0.2, 0.25) is 0 Å². The van der Waals surface area contributed by atoms with Crippen LogP contribution in [-0.4, -0.2) is 9.67 Å². The lowest BCUT2D eigenvalue weighted by molar-refractivity contribution is 0.469. The van der Waals surface area contributed by atoms with Gasteiger partial charge in [0.15, 0.2) is 0 Å². The van der Waals surface area contributed by atoms with Crippen molar-refractivity contribution in [2.45, 2.75) is 6.54 Å². The molecule has 1 aromatic carbocycles. The monoisotopic (exact) mass is 207 g/mol. The fourth-order valence-electron chi connectivity index (χ4n) is 1.34. The third-order valence-electron chi connectivity index (χ3n) is 1.97. The zero-order valence-electron chi connectivity index (χ0n) is 7.38. The standard InChI is InChI=1S/C10H9NO2S/c12-7-3-6-11-8-4-1-2-5-9(8)14-10(11)13/h1-5,7,12H,6H2/b7-3+. The topological polar surface area (TPSA) is 42.2 Å². The number of hydrogen-bond acceptors (Lipinski definition) is 3. The summed E-state index contributed by atoms with van der Waals surface area (Å²) in [6, 6.07) is 7.62. The number of rotatable bonds is 2. The second-order valence-corrected chi connectivity index (χ2v) is 3.82. The number of thiazole rings is 1. The van der Waals surface area contributed by atoms with Gasteiger partial charge in [0, 0.05) is 6.54 Å². The van der Waals surface area contributed by atoms with Gasteiger partial charge in [-0.3, -0.25) is 9.36 Å². The summed E-state index contributed by atoms with van der Waals surface area (Å²) in [5.74, 6) is 0. The highest BCUT2D eigenvalue weighted by Crippen LogP contribution is 2.15. The molecule has 14 heavy (non-hydrogen) atoms. The predicted octanol–water partition coefficient (Wildman–Crippen LogP) is 2.13. The van der Waals surface area contributed by atoms with Crippen molar-refractivity contribution in [3.05, 3.63) is 46.3 Å². The van der Waals surface area contributed by atoms with E-state index >= 15 is 0 Å². The molecule has 1 N–H and O–H groups in total. The molecule has 3 nitrogen and oxygen atoms in total. The summed E-state index contributed by atoms with van der Waals surface area (Å²) in [7, 11) is 0. The molecule has 0 aliphatic heterocycles. The summed E-state index contributed by atoms with van der Waals surface area (Å²) < 4.78 is 2.61. The maximum atomic E-state index is 11.5. The van der Waals surface area contributed by atoms with E-state index < -0.39 is 0 Å². The number of para-hydroxylation sites is 1. The maximum Gasteiger partial charge on any atom is 0.308 e. The molecule has 72 valence electrons. The number of aliphatic hydroxyl groups is 1. The second kappa shape index (κ2) is 3.67. The highest BCUT2D eigenvalue weighted by atomic mass is 32.1. The predicted molar refractivity (Wildman–Crippen MR) is 57.9 cm³/mol. The Hall–Kier alpha value is -1.55. The minimum absolute atomic E-state index is 0.00398. The number of aromatic nitrogens is 1. The Morgan fingerprint density at radius 3 is 3.00 bits per heavy atom. The van der Waals surface area contributed by atoms with Crippen LogP contribution in [-0.2, 0) is 6.54 Å². The van der Waals surface area contributed by atoms with Crippen molar-refractivity contribution in [1.29, 1.82) is 0 Å². The molecule has 1 heterocycles. The van der Waals surface area contributed by atoms with E-state index in [2.05, 4.69) is 0 Å². The molecule has 0 fully saturated rings. The van der Waals surface area contributed by atoms with Gasteiger partial charge < -0.3 is 5.11 Å². The molecule has 0 bridgehead atoms. The fourth-order valence-corrected chi connectivity index (χ4v) is 2.24. The van der Waals surface area contributed by atoms with E-state index in [1.807, 2.05) is 24.3 Å². The molecule has 0 saturated carbocycles. The summed E-state index contributed by atoms with van der Waals surface area (Å²) >= 11 is 1.22. The van der Waals surface area contributed by atoms with Crippen LogP contribution >= 0.6 is 11.3 Å². The molecule has 0 spiro atoms. The summed E-state index contributed by atoms with van der Waals surface area (Å²) in [4.78, 5) is 11.5. The number of fused-ring (bicyclic) bond motifs is 1. The van der Waals surface area contributed by atoms with Crippen LogP contribution in [0, 0.1) is 0 Å². The zero-order valence-corrected chi connectivity index (χ0v) is 8.20.